The molecule has 160 valence electrons. The standard InChI is InChI=1S/C21H35FN4O.HI/c1-23-20(25-17-21(12-15-27-3)10-4-5-11-21)24-13-14-26(2)16-18-6-8-19(22)9-7-18;/h6-9H,4-5,10-17H2,1-3H3,(H2,23,24,25);1H. The molecule has 2 N–H and O–H groups in total. The van der Waals surface area contributed by atoms with E-state index >= 15 is 0 Å². The van der Waals surface area contributed by atoms with Crippen LogP contribution in [0.4, 0.5) is 4.39 Å². The van der Waals surface area contributed by atoms with Gasteiger partial charge in [-0.1, -0.05) is 25.0 Å². The van der Waals surface area contributed by atoms with Gasteiger partial charge in [-0.2, -0.15) is 0 Å². The summed E-state index contributed by atoms with van der Waals surface area (Å²) in [5, 5.41) is 6.91. The fraction of sp³-hybridized carbons (Fsp3) is 0.667. The normalized spacial score (nSPS) is 16.1. The number of likely N-dealkylation sites (N-methyl/N-ethyl adjacent to an activating group) is 1. The van der Waals surface area contributed by atoms with Crippen LogP contribution >= 0.6 is 24.0 Å². The molecule has 0 heterocycles. The Bertz CT molecular complexity index is 576. The molecule has 0 amide bonds. The predicted molar refractivity (Wildman–Crippen MR) is 125 cm³/mol. The molecule has 0 radical (unpaired) electrons. The molecule has 0 spiro atoms. The van der Waals surface area contributed by atoms with E-state index in [2.05, 4.69) is 27.6 Å². The molecular formula is C21H36FIN4O. The zero-order chi connectivity index (χ0) is 19.5. The highest BCUT2D eigenvalue weighted by Crippen LogP contribution is 2.40. The molecule has 1 fully saturated rings. The highest BCUT2D eigenvalue weighted by Gasteiger charge is 2.33. The summed E-state index contributed by atoms with van der Waals surface area (Å²) >= 11 is 0. The average molecular weight is 506 g/mol. The number of nitrogens with zero attached hydrogens (tertiary/aromatic N) is 2. The molecule has 1 saturated carbocycles. The van der Waals surface area contributed by atoms with Crippen LogP contribution in [-0.4, -0.2) is 58.3 Å². The number of hydrogen-bond donors (Lipinski definition) is 2. The molecule has 0 aliphatic heterocycles. The van der Waals surface area contributed by atoms with Crippen molar-refractivity contribution in [2.45, 2.75) is 38.6 Å². The fourth-order valence-corrected chi connectivity index (χ4v) is 3.80. The van der Waals surface area contributed by atoms with Gasteiger partial charge in [-0.25, -0.2) is 4.39 Å². The van der Waals surface area contributed by atoms with Gasteiger partial charge in [0.2, 0.25) is 0 Å². The van der Waals surface area contributed by atoms with E-state index in [9.17, 15) is 4.39 Å². The number of nitrogens with one attached hydrogen (secondary N) is 2. The van der Waals surface area contributed by atoms with Gasteiger partial charge < -0.3 is 20.3 Å². The third kappa shape index (κ3) is 8.61. The van der Waals surface area contributed by atoms with Crippen molar-refractivity contribution < 1.29 is 9.13 Å². The zero-order valence-corrected chi connectivity index (χ0v) is 19.8. The molecule has 1 aromatic carbocycles. The number of methoxy groups -OCH3 is 1. The summed E-state index contributed by atoms with van der Waals surface area (Å²) in [5.74, 6) is 0.664. The van der Waals surface area contributed by atoms with Crippen LogP contribution < -0.4 is 10.6 Å². The Hall–Kier alpha value is -0.930. The molecule has 1 aromatic rings. The van der Waals surface area contributed by atoms with E-state index < -0.39 is 0 Å². The summed E-state index contributed by atoms with van der Waals surface area (Å²) in [4.78, 5) is 6.57. The van der Waals surface area contributed by atoms with E-state index in [0.29, 0.717) is 5.41 Å². The van der Waals surface area contributed by atoms with E-state index in [1.54, 1.807) is 7.11 Å². The second-order valence-electron chi connectivity index (χ2n) is 7.67. The second-order valence-corrected chi connectivity index (χ2v) is 7.67. The first-order valence-electron chi connectivity index (χ1n) is 9.93. The lowest BCUT2D eigenvalue weighted by atomic mass is 9.83. The van der Waals surface area contributed by atoms with Gasteiger partial charge in [-0.3, -0.25) is 4.99 Å². The van der Waals surface area contributed by atoms with E-state index in [-0.39, 0.29) is 29.8 Å². The highest BCUT2D eigenvalue weighted by atomic mass is 127. The molecule has 0 atom stereocenters. The first-order valence-corrected chi connectivity index (χ1v) is 9.93. The Morgan fingerprint density at radius 3 is 2.50 bits per heavy atom. The number of aliphatic imine (C=N–C) groups is 1. The summed E-state index contributed by atoms with van der Waals surface area (Å²) in [6.45, 7) is 4.26. The number of halogens is 2. The monoisotopic (exact) mass is 506 g/mol. The van der Waals surface area contributed by atoms with E-state index in [1.165, 1.54) is 37.8 Å². The Morgan fingerprint density at radius 1 is 1.21 bits per heavy atom. The van der Waals surface area contributed by atoms with Crippen LogP contribution in [0.5, 0.6) is 0 Å². The van der Waals surface area contributed by atoms with E-state index in [4.69, 9.17) is 4.74 Å². The van der Waals surface area contributed by atoms with Gasteiger partial charge in [0.25, 0.3) is 0 Å². The zero-order valence-electron chi connectivity index (χ0n) is 17.5. The van der Waals surface area contributed by atoms with Crippen LogP contribution in [0, 0.1) is 11.2 Å². The predicted octanol–water partition coefficient (Wildman–Crippen LogP) is 3.64. The minimum atomic E-state index is -0.191. The quantitative estimate of drug-likeness (QED) is 0.289. The Labute approximate surface area is 186 Å². The summed E-state index contributed by atoms with van der Waals surface area (Å²) < 4.78 is 18.3. The molecule has 0 aromatic heterocycles. The van der Waals surface area contributed by atoms with Crippen molar-refractivity contribution in [3.8, 4) is 0 Å². The lowest BCUT2D eigenvalue weighted by Gasteiger charge is -2.30. The molecule has 1 aliphatic carbocycles. The largest absolute Gasteiger partial charge is 0.385 e. The first kappa shape index (κ1) is 25.1. The van der Waals surface area contributed by atoms with Crippen molar-refractivity contribution in [1.29, 1.82) is 0 Å². The second kappa shape index (κ2) is 13.3. The molecule has 7 heteroatoms. The minimum absolute atomic E-state index is 0. The van der Waals surface area contributed by atoms with Gasteiger partial charge in [-0.05, 0) is 49.4 Å². The van der Waals surface area contributed by atoms with Gasteiger partial charge in [0, 0.05) is 46.9 Å². The van der Waals surface area contributed by atoms with Gasteiger partial charge in [0.05, 0.1) is 0 Å². The molecule has 1 aliphatic rings. The molecule has 2 rings (SSSR count). The number of ether oxygens (including phenoxy) is 1. The Balaban J connectivity index is 0.00000392. The fourth-order valence-electron chi connectivity index (χ4n) is 3.80. The van der Waals surface area contributed by atoms with E-state index in [1.807, 2.05) is 19.2 Å². The summed E-state index contributed by atoms with van der Waals surface area (Å²) in [6, 6.07) is 6.69. The lowest BCUT2D eigenvalue weighted by Crippen LogP contribution is -2.45. The van der Waals surface area contributed by atoms with Gasteiger partial charge >= 0.3 is 0 Å². The lowest BCUT2D eigenvalue weighted by molar-refractivity contribution is 0.138. The van der Waals surface area contributed by atoms with Crippen molar-refractivity contribution in [2.24, 2.45) is 10.4 Å². The van der Waals surface area contributed by atoms with Gasteiger partial charge in [0.1, 0.15) is 5.82 Å². The molecule has 0 bridgehead atoms. The Kier molecular flexibility index (Phi) is 11.9. The maximum Gasteiger partial charge on any atom is 0.191 e. The van der Waals surface area contributed by atoms with Crippen LogP contribution in [0.3, 0.4) is 0 Å². The molecular weight excluding hydrogens is 470 g/mol. The number of guanidine groups is 1. The molecule has 5 nitrogen and oxygen atoms in total. The van der Waals surface area contributed by atoms with Crippen molar-refractivity contribution in [3.05, 3.63) is 35.6 Å². The van der Waals surface area contributed by atoms with Crippen LogP contribution in [0.25, 0.3) is 0 Å². The maximum atomic E-state index is 13.0. The summed E-state index contributed by atoms with van der Waals surface area (Å²) in [7, 11) is 5.66. The van der Waals surface area contributed by atoms with Crippen LogP contribution in [0.2, 0.25) is 0 Å². The number of rotatable bonds is 10. The van der Waals surface area contributed by atoms with Crippen LogP contribution in [0.15, 0.2) is 29.3 Å². The van der Waals surface area contributed by atoms with Gasteiger partial charge in [0.15, 0.2) is 5.96 Å². The van der Waals surface area contributed by atoms with Crippen molar-refractivity contribution in [1.82, 2.24) is 15.5 Å². The SMILES string of the molecule is CN=C(NCCN(C)Cc1ccc(F)cc1)NCC1(CCOC)CCCC1.I. The number of hydrogen-bond acceptors (Lipinski definition) is 3. The van der Waals surface area contributed by atoms with Crippen molar-refractivity contribution >= 4 is 29.9 Å². The average Bonchev–Trinajstić information content (AvgIpc) is 3.14. The smallest absolute Gasteiger partial charge is 0.191 e. The summed E-state index contributed by atoms with van der Waals surface area (Å²) in [6.07, 6.45) is 6.26. The van der Waals surface area contributed by atoms with E-state index in [0.717, 1.165) is 50.7 Å². The highest BCUT2D eigenvalue weighted by molar-refractivity contribution is 14.0. The van der Waals surface area contributed by atoms with Crippen LogP contribution in [-0.2, 0) is 11.3 Å². The third-order valence-electron chi connectivity index (χ3n) is 5.51. The molecule has 0 saturated heterocycles. The topological polar surface area (TPSA) is 48.9 Å². The third-order valence-corrected chi connectivity index (χ3v) is 5.51. The van der Waals surface area contributed by atoms with Gasteiger partial charge in [-0.15, -0.1) is 24.0 Å². The van der Waals surface area contributed by atoms with Crippen LogP contribution in [0.1, 0.15) is 37.7 Å². The first-order chi connectivity index (χ1) is 13.1. The van der Waals surface area contributed by atoms with Crippen molar-refractivity contribution in [3.63, 3.8) is 0 Å². The minimum Gasteiger partial charge on any atom is -0.385 e. The molecule has 0 unspecified atom stereocenters. The van der Waals surface area contributed by atoms with Crippen molar-refractivity contribution in [2.75, 3.05) is 47.4 Å². The molecule has 28 heavy (non-hydrogen) atoms. The number of benzene rings is 1. The summed E-state index contributed by atoms with van der Waals surface area (Å²) in [5.41, 5.74) is 1.45. The Morgan fingerprint density at radius 2 is 1.89 bits per heavy atom. The maximum absolute atomic E-state index is 13.0.